The number of nitrogens with zero attached hydrogens (tertiary/aromatic N) is 3. The standard InChI is InChI=1S/C23H28ClFN4O3/c1-12(2)29-18-8-13(7-16(25)21(18)28-22(29)23(3,4)31)14-9-20(26-10-15(14)24)27-17-5-6-32-11-19(17)30/h7-10,12,17,19,30-31H,5-6,11H2,1-4H3,(H,26,27)/t17-,19-/m1/s1. The molecule has 2 aromatic heterocycles. The summed E-state index contributed by atoms with van der Waals surface area (Å²) in [6.45, 7) is 8.01. The molecule has 0 aliphatic carbocycles. The van der Waals surface area contributed by atoms with Crippen molar-refractivity contribution in [2.45, 2.75) is 57.9 Å². The van der Waals surface area contributed by atoms with Crippen molar-refractivity contribution in [2.24, 2.45) is 0 Å². The second-order valence-corrected chi connectivity index (χ2v) is 9.42. The van der Waals surface area contributed by atoms with Gasteiger partial charge >= 0.3 is 0 Å². The zero-order valence-electron chi connectivity index (χ0n) is 18.6. The summed E-state index contributed by atoms with van der Waals surface area (Å²) in [4.78, 5) is 8.73. The molecule has 0 amide bonds. The summed E-state index contributed by atoms with van der Waals surface area (Å²) >= 11 is 6.44. The van der Waals surface area contributed by atoms with Crippen LogP contribution in [-0.4, -0.2) is 50.1 Å². The number of nitrogens with one attached hydrogen (secondary N) is 1. The van der Waals surface area contributed by atoms with E-state index in [1.807, 2.05) is 24.5 Å². The van der Waals surface area contributed by atoms with Crippen LogP contribution >= 0.6 is 11.6 Å². The van der Waals surface area contributed by atoms with Gasteiger partial charge in [-0.2, -0.15) is 0 Å². The highest BCUT2D eigenvalue weighted by Gasteiger charge is 2.28. The Morgan fingerprint density at radius 1 is 1.31 bits per heavy atom. The van der Waals surface area contributed by atoms with E-state index < -0.39 is 17.5 Å². The Morgan fingerprint density at radius 2 is 2.06 bits per heavy atom. The van der Waals surface area contributed by atoms with Crippen LogP contribution in [0.2, 0.25) is 5.02 Å². The van der Waals surface area contributed by atoms with Crippen LogP contribution in [-0.2, 0) is 10.3 Å². The number of benzene rings is 1. The molecular weight excluding hydrogens is 435 g/mol. The van der Waals surface area contributed by atoms with Crippen LogP contribution in [0.1, 0.15) is 46.0 Å². The number of imidazole rings is 1. The van der Waals surface area contributed by atoms with Crippen LogP contribution in [0.3, 0.4) is 0 Å². The lowest BCUT2D eigenvalue weighted by atomic mass is 10.0. The quantitative estimate of drug-likeness (QED) is 0.524. The number of anilines is 1. The van der Waals surface area contributed by atoms with Crippen molar-refractivity contribution in [3.05, 3.63) is 41.1 Å². The number of hydrogen-bond acceptors (Lipinski definition) is 6. The van der Waals surface area contributed by atoms with Crippen LogP contribution in [0.15, 0.2) is 24.4 Å². The molecule has 0 unspecified atom stereocenters. The Morgan fingerprint density at radius 3 is 2.72 bits per heavy atom. The maximum absolute atomic E-state index is 15.2. The fourth-order valence-corrected chi connectivity index (χ4v) is 4.30. The number of hydrogen-bond donors (Lipinski definition) is 3. The topological polar surface area (TPSA) is 92.4 Å². The number of ether oxygens (including phenoxy) is 1. The molecule has 9 heteroatoms. The average molecular weight is 463 g/mol. The maximum Gasteiger partial charge on any atom is 0.151 e. The van der Waals surface area contributed by atoms with Gasteiger partial charge in [0.05, 0.1) is 29.3 Å². The summed E-state index contributed by atoms with van der Waals surface area (Å²) in [5, 5.41) is 24.3. The van der Waals surface area contributed by atoms with E-state index in [1.165, 1.54) is 12.3 Å². The number of pyridine rings is 1. The first-order valence-corrected chi connectivity index (χ1v) is 11.1. The molecule has 1 aliphatic heterocycles. The first-order valence-electron chi connectivity index (χ1n) is 10.7. The highest BCUT2D eigenvalue weighted by molar-refractivity contribution is 6.33. The number of fused-ring (bicyclic) bond motifs is 1. The zero-order chi connectivity index (χ0) is 23.2. The lowest BCUT2D eigenvalue weighted by Gasteiger charge is -2.29. The van der Waals surface area contributed by atoms with Gasteiger partial charge in [0, 0.05) is 24.4 Å². The fraction of sp³-hybridized carbons (Fsp3) is 0.478. The number of halogens is 2. The Bertz CT molecular complexity index is 1140. The SMILES string of the molecule is CC(C)n1c(C(C)(C)O)nc2c(F)cc(-c3cc(N[C@@H]4CCOC[C@H]4O)ncc3Cl)cc21. The lowest BCUT2D eigenvalue weighted by molar-refractivity contribution is -0.0135. The van der Waals surface area contributed by atoms with E-state index in [9.17, 15) is 10.2 Å². The second-order valence-electron chi connectivity index (χ2n) is 9.02. The van der Waals surface area contributed by atoms with Gasteiger partial charge in [-0.15, -0.1) is 0 Å². The molecule has 3 N–H and O–H groups in total. The summed E-state index contributed by atoms with van der Waals surface area (Å²) in [6, 6.07) is 4.73. The van der Waals surface area contributed by atoms with Crippen molar-refractivity contribution < 1.29 is 19.3 Å². The third kappa shape index (κ3) is 4.32. The van der Waals surface area contributed by atoms with Crippen LogP contribution in [0.4, 0.5) is 10.2 Å². The van der Waals surface area contributed by atoms with E-state index in [4.69, 9.17) is 16.3 Å². The summed E-state index contributed by atoms with van der Waals surface area (Å²) in [5.74, 6) is 0.435. The Labute approximate surface area is 191 Å². The smallest absolute Gasteiger partial charge is 0.151 e. The van der Waals surface area contributed by atoms with Crippen molar-refractivity contribution >= 4 is 28.5 Å². The molecule has 3 aromatic rings. The molecule has 172 valence electrons. The molecule has 0 spiro atoms. The first-order chi connectivity index (χ1) is 15.1. The molecule has 7 nitrogen and oxygen atoms in total. The Kier molecular flexibility index (Phi) is 6.15. The summed E-state index contributed by atoms with van der Waals surface area (Å²) < 4.78 is 22.3. The third-order valence-corrected chi connectivity index (χ3v) is 5.94. The van der Waals surface area contributed by atoms with E-state index in [0.29, 0.717) is 46.3 Å². The summed E-state index contributed by atoms with van der Waals surface area (Å²) in [5.41, 5.74) is 0.726. The molecular formula is C23H28ClFN4O3. The molecule has 1 aliphatic rings. The third-order valence-electron chi connectivity index (χ3n) is 5.64. The van der Waals surface area contributed by atoms with Crippen molar-refractivity contribution in [2.75, 3.05) is 18.5 Å². The molecule has 0 saturated carbocycles. The molecule has 3 heterocycles. The number of aromatic nitrogens is 3. The zero-order valence-corrected chi connectivity index (χ0v) is 19.3. The summed E-state index contributed by atoms with van der Waals surface area (Å²) in [7, 11) is 0. The van der Waals surface area contributed by atoms with Gasteiger partial charge in [-0.3, -0.25) is 0 Å². The van der Waals surface area contributed by atoms with Gasteiger partial charge in [0.1, 0.15) is 22.8 Å². The van der Waals surface area contributed by atoms with Crippen LogP contribution in [0, 0.1) is 5.82 Å². The maximum atomic E-state index is 15.2. The Hall–Kier alpha value is -2.26. The van der Waals surface area contributed by atoms with E-state index >= 15 is 4.39 Å². The minimum atomic E-state index is -1.23. The second kappa shape index (κ2) is 8.59. The van der Waals surface area contributed by atoms with E-state index in [2.05, 4.69) is 15.3 Å². The lowest BCUT2D eigenvalue weighted by Crippen LogP contribution is -2.42. The molecule has 1 fully saturated rings. The molecule has 1 aromatic carbocycles. The van der Waals surface area contributed by atoms with Crippen LogP contribution in [0.25, 0.3) is 22.2 Å². The number of aliphatic hydroxyl groups is 2. The van der Waals surface area contributed by atoms with Gasteiger partial charge in [0.15, 0.2) is 5.82 Å². The van der Waals surface area contributed by atoms with E-state index in [-0.39, 0.29) is 24.2 Å². The minimum absolute atomic E-state index is 0.0452. The van der Waals surface area contributed by atoms with Gasteiger partial charge in [0.25, 0.3) is 0 Å². The average Bonchev–Trinajstić information content (AvgIpc) is 3.12. The molecule has 4 rings (SSSR count). The van der Waals surface area contributed by atoms with E-state index in [1.54, 1.807) is 19.9 Å². The largest absolute Gasteiger partial charge is 0.389 e. The molecule has 0 radical (unpaired) electrons. The Balaban J connectivity index is 1.80. The normalized spacial score (nSPS) is 19.7. The van der Waals surface area contributed by atoms with Crippen molar-refractivity contribution in [1.29, 1.82) is 0 Å². The highest BCUT2D eigenvalue weighted by Crippen LogP contribution is 2.36. The van der Waals surface area contributed by atoms with Gasteiger partial charge in [-0.25, -0.2) is 14.4 Å². The van der Waals surface area contributed by atoms with Crippen molar-refractivity contribution in [3.8, 4) is 11.1 Å². The highest BCUT2D eigenvalue weighted by atomic mass is 35.5. The minimum Gasteiger partial charge on any atom is -0.389 e. The van der Waals surface area contributed by atoms with Gasteiger partial charge in [0.2, 0.25) is 0 Å². The van der Waals surface area contributed by atoms with E-state index in [0.717, 1.165) is 0 Å². The molecule has 0 bridgehead atoms. The number of rotatable bonds is 5. The van der Waals surface area contributed by atoms with Crippen LogP contribution < -0.4 is 5.32 Å². The molecule has 2 atom stereocenters. The molecule has 1 saturated heterocycles. The van der Waals surface area contributed by atoms with Crippen LogP contribution in [0.5, 0.6) is 0 Å². The first kappa shape index (κ1) is 22.9. The van der Waals surface area contributed by atoms with Gasteiger partial charge in [-0.1, -0.05) is 11.6 Å². The van der Waals surface area contributed by atoms with Gasteiger partial charge < -0.3 is 24.8 Å². The predicted octanol–water partition coefficient (Wildman–Crippen LogP) is 4.26. The van der Waals surface area contributed by atoms with Crippen molar-refractivity contribution in [1.82, 2.24) is 14.5 Å². The summed E-state index contributed by atoms with van der Waals surface area (Å²) in [6.07, 6.45) is 1.52. The van der Waals surface area contributed by atoms with Gasteiger partial charge in [-0.05, 0) is 57.9 Å². The fourth-order valence-electron chi connectivity index (χ4n) is 4.08. The van der Waals surface area contributed by atoms with Crippen molar-refractivity contribution in [3.63, 3.8) is 0 Å². The number of aliphatic hydroxyl groups excluding tert-OH is 1. The monoisotopic (exact) mass is 462 g/mol. The predicted molar refractivity (Wildman–Crippen MR) is 122 cm³/mol. The molecule has 32 heavy (non-hydrogen) atoms.